The minimum atomic E-state index is -0.382. The standard InChI is InChI=1S/C18H11FN2O2S/c19-13-7-5-11(6-8-13)17(22)21-18-20-14(10-24-18)16-9-12-3-1-2-4-15(12)23-16/h1-10H,(H,20,21,22). The number of thiazole rings is 1. The Hall–Kier alpha value is -2.99. The molecule has 0 spiro atoms. The number of carbonyl (C=O) groups excluding carboxylic acids is 1. The minimum absolute atomic E-state index is 0.333. The van der Waals surface area contributed by atoms with Crippen LogP contribution in [-0.2, 0) is 0 Å². The third kappa shape index (κ3) is 2.79. The fourth-order valence-electron chi connectivity index (χ4n) is 2.32. The summed E-state index contributed by atoms with van der Waals surface area (Å²) in [5, 5.41) is 5.98. The van der Waals surface area contributed by atoms with Gasteiger partial charge in [-0.3, -0.25) is 10.1 Å². The molecule has 0 aliphatic rings. The molecule has 6 heteroatoms. The van der Waals surface area contributed by atoms with Crippen molar-refractivity contribution in [2.45, 2.75) is 0 Å². The van der Waals surface area contributed by atoms with E-state index in [-0.39, 0.29) is 11.7 Å². The lowest BCUT2D eigenvalue weighted by atomic mass is 10.2. The molecular weight excluding hydrogens is 327 g/mol. The summed E-state index contributed by atoms with van der Waals surface area (Å²) >= 11 is 1.30. The van der Waals surface area contributed by atoms with E-state index in [4.69, 9.17) is 4.42 Å². The molecule has 0 atom stereocenters. The molecule has 0 fully saturated rings. The first kappa shape index (κ1) is 14.6. The second-order valence-electron chi connectivity index (χ2n) is 5.15. The summed E-state index contributed by atoms with van der Waals surface area (Å²) in [5.41, 5.74) is 1.82. The van der Waals surface area contributed by atoms with E-state index in [1.807, 2.05) is 35.7 Å². The number of hydrogen-bond donors (Lipinski definition) is 1. The van der Waals surface area contributed by atoms with Gasteiger partial charge in [-0.1, -0.05) is 18.2 Å². The van der Waals surface area contributed by atoms with Gasteiger partial charge in [0.25, 0.3) is 5.91 Å². The largest absolute Gasteiger partial charge is 0.454 e. The Labute approximate surface area is 140 Å². The van der Waals surface area contributed by atoms with E-state index in [1.165, 1.54) is 35.6 Å². The first-order valence-corrected chi connectivity index (χ1v) is 8.08. The Kier molecular flexibility index (Phi) is 3.59. The lowest BCUT2D eigenvalue weighted by molar-refractivity contribution is 0.102. The number of hydrogen-bond acceptors (Lipinski definition) is 4. The van der Waals surface area contributed by atoms with Crippen LogP contribution in [0.4, 0.5) is 9.52 Å². The summed E-state index contributed by atoms with van der Waals surface area (Å²) in [4.78, 5) is 16.5. The maximum atomic E-state index is 12.9. The number of halogens is 1. The zero-order valence-electron chi connectivity index (χ0n) is 12.3. The first-order chi connectivity index (χ1) is 11.7. The van der Waals surface area contributed by atoms with Gasteiger partial charge in [0.05, 0.1) is 0 Å². The number of anilines is 1. The SMILES string of the molecule is O=C(Nc1nc(-c2cc3ccccc3o2)cs1)c1ccc(F)cc1. The Morgan fingerprint density at radius 2 is 1.92 bits per heavy atom. The molecular formula is C18H11FN2O2S. The monoisotopic (exact) mass is 338 g/mol. The Morgan fingerprint density at radius 3 is 2.71 bits per heavy atom. The maximum Gasteiger partial charge on any atom is 0.257 e. The smallest absolute Gasteiger partial charge is 0.257 e. The molecule has 0 aliphatic carbocycles. The number of carbonyl (C=O) groups is 1. The van der Waals surface area contributed by atoms with Gasteiger partial charge in [-0.2, -0.15) is 0 Å². The van der Waals surface area contributed by atoms with Crippen LogP contribution in [0.25, 0.3) is 22.4 Å². The van der Waals surface area contributed by atoms with Crippen LogP contribution in [0, 0.1) is 5.82 Å². The van der Waals surface area contributed by atoms with Crippen LogP contribution in [0.2, 0.25) is 0 Å². The molecule has 0 aliphatic heterocycles. The van der Waals surface area contributed by atoms with E-state index in [0.717, 1.165) is 11.0 Å². The normalized spacial score (nSPS) is 10.9. The van der Waals surface area contributed by atoms with Crippen molar-refractivity contribution < 1.29 is 13.6 Å². The number of rotatable bonds is 3. The molecule has 4 nitrogen and oxygen atoms in total. The van der Waals surface area contributed by atoms with Gasteiger partial charge in [0.1, 0.15) is 17.1 Å². The average molecular weight is 338 g/mol. The summed E-state index contributed by atoms with van der Waals surface area (Å²) in [6.45, 7) is 0. The van der Waals surface area contributed by atoms with Crippen LogP contribution < -0.4 is 5.32 Å². The van der Waals surface area contributed by atoms with Crippen molar-refractivity contribution in [1.29, 1.82) is 0 Å². The minimum Gasteiger partial charge on any atom is -0.454 e. The molecule has 0 bridgehead atoms. The summed E-state index contributed by atoms with van der Waals surface area (Å²) < 4.78 is 18.7. The fraction of sp³-hybridized carbons (Fsp3) is 0. The van der Waals surface area contributed by atoms with Gasteiger partial charge in [0.15, 0.2) is 10.9 Å². The molecule has 0 saturated carbocycles. The topological polar surface area (TPSA) is 55.1 Å². The number of para-hydroxylation sites is 1. The van der Waals surface area contributed by atoms with Crippen LogP contribution in [-0.4, -0.2) is 10.9 Å². The van der Waals surface area contributed by atoms with Gasteiger partial charge < -0.3 is 4.42 Å². The molecule has 1 N–H and O–H groups in total. The van der Waals surface area contributed by atoms with Crippen molar-refractivity contribution in [2.75, 3.05) is 5.32 Å². The predicted octanol–water partition coefficient (Wildman–Crippen LogP) is 4.95. The van der Waals surface area contributed by atoms with E-state index in [0.29, 0.717) is 22.1 Å². The van der Waals surface area contributed by atoms with Crippen molar-refractivity contribution in [1.82, 2.24) is 4.98 Å². The molecule has 4 aromatic rings. The molecule has 4 rings (SSSR count). The first-order valence-electron chi connectivity index (χ1n) is 7.20. The summed E-state index contributed by atoms with van der Waals surface area (Å²) in [6.07, 6.45) is 0. The Bertz CT molecular complexity index is 988. The average Bonchev–Trinajstić information content (AvgIpc) is 3.21. The second kappa shape index (κ2) is 5.90. The Balaban J connectivity index is 1.56. The van der Waals surface area contributed by atoms with Crippen molar-refractivity contribution in [3.8, 4) is 11.5 Å². The molecule has 24 heavy (non-hydrogen) atoms. The van der Waals surface area contributed by atoms with E-state index in [1.54, 1.807) is 0 Å². The predicted molar refractivity (Wildman–Crippen MR) is 91.7 cm³/mol. The van der Waals surface area contributed by atoms with Crippen LogP contribution >= 0.6 is 11.3 Å². The fourth-order valence-corrected chi connectivity index (χ4v) is 3.02. The number of nitrogens with zero attached hydrogens (tertiary/aromatic N) is 1. The number of benzene rings is 2. The molecule has 2 heterocycles. The lowest BCUT2D eigenvalue weighted by Gasteiger charge is -2.01. The van der Waals surface area contributed by atoms with Gasteiger partial charge in [-0.15, -0.1) is 11.3 Å². The zero-order chi connectivity index (χ0) is 16.5. The van der Waals surface area contributed by atoms with Gasteiger partial charge in [-0.05, 0) is 36.4 Å². The van der Waals surface area contributed by atoms with E-state index < -0.39 is 0 Å². The number of furan rings is 1. The van der Waals surface area contributed by atoms with E-state index >= 15 is 0 Å². The molecule has 0 saturated heterocycles. The molecule has 1 amide bonds. The van der Waals surface area contributed by atoms with Gasteiger partial charge in [0, 0.05) is 16.3 Å². The highest BCUT2D eigenvalue weighted by molar-refractivity contribution is 7.14. The maximum absolute atomic E-state index is 12.9. The summed E-state index contributed by atoms with van der Waals surface area (Å²) in [5.74, 6) is -0.0665. The van der Waals surface area contributed by atoms with Gasteiger partial charge in [0.2, 0.25) is 0 Å². The second-order valence-corrected chi connectivity index (χ2v) is 6.01. The molecule has 2 aromatic carbocycles. The van der Waals surface area contributed by atoms with Crippen LogP contribution in [0.3, 0.4) is 0 Å². The highest BCUT2D eigenvalue weighted by Gasteiger charge is 2.12. The highest BCUT2D eigenvalue weighted by Crippen LogP contribution is 2.30. The van der Waals surface area contributed by atoms with Crippen LogP contribution in [0.15, 0.2) is 64.4 Å². The quantitative estimate of drug-likeness (QED) is 0.575. The van der Waals surface area contributed by atoms with Crippen molar-refractivity contribution >= 4 is 33.3 Å². The molecule has 2 aromatic heterocycles. The van der Waals surface area contributed by atoms with E-state index in [2.05, 4.69) is 10.3 Å². The number of aromatic nitrogens is 1. The summed E-state index contributed by atoms with van der Waals surface area (Å²) in [7, 11) is 0. The third-order valence-electron chi connectivity index (χ3n) is 3.51. The van der Waals surface area contributed by atoms with Crippen molar-refractivity contribution in [2.24, 2.45) is 0 Å². The number of amides is 1. The van der Waals surface area contributed by atoms with Crippen molar-refractivity contribution in [3.63, 3.8) is 0 Å². The molecule has 118 valence electrons. The molecule has 0 unspecified atom stereocenters. The van der Waals surface area contributed by atoms with Gasteiger partial charge >= 0.3 is 0 Å². The number of nitrogens with one attached hydrogen (secondary N) is 1. The lowest BCUT2D eigenvalue weighted by Crippen LogP contribution is -2.11. The van der Waals surface area contributed by atoms with Crippen LogP contribution in [0.1, 0.15) is 10.4 Å². The number of fused-ring (bicyclic) bond motifs is 1. The summed E-state index contributed by atoms with van der Waals surface area (Å²) in [6, 6.07) is 15.0. The zero-order valence-corrected chi connectivity index (χ0v) is 13.1. The third-order valence-corrected chi connectivity index (χ3v) is 4.27. The van der Waals surface area contributed by atoms with E-state index in [9.17, 15) is 9.18 Å². The van der Waals surface area contributed by atoms with Crippen molar-refractivity contribution in [3.05, 3.63) is 71.4 Å². The molecule has 0 radical (unpaired) electrons. The Morgan fingerprint density at radius 1 is 1.12 bits per heavy atom. The van der Waals surface area contributed by atoms with Crippen LogP contribution in [0.5, 0.6) is 0 Å². The van der Waals surface area contributed by atoms with Gasteiger partial charge in [-0.25, -0.2) is 9.37 Å². The highest BCUT2D eigenvalue weighted by atomic mass is 32.1.